The molecule has 3 heterocycles. The zero-order valence-corrected chi connectivity index (χ0v) is 30.3. The molecule has 1 unspecified atom stereocenters. The summed E-state index contributed by atoms with van der Waals surface area (Å²) in [6.07, 6.45) is 15.5. The molecular formula is C38H61N3O8. The second kappa shape index (κ2) is 18.9. The average Bonchev–Trinajstić information content (AvgIpc) is 3.49. The van der Waals surface area contributed by atoms with Crippen LogP contribution < -0.4 is 0 Å². The number of ether oxygens (including phenoxy) is 3. The van der Waals surface area contributed by atoms with Gasteiger partial charge in [-0.2, -0.15) is 0 Å². The minimum Gasteiger partial charge on any atom is -0.457 e. The van der Waals surface area contributed by atoms with Crippen LogP contribution >= 0.6 is 0 Å². The van der Waals surface area contributed by atoms with Gasteiger partial charge in [-0.15, -0.1) is 0 Å². The summed E-state index contributed by atoms with van der Waals surface area (Å²) < 4.78 is 17.3. The average molecular weight is 688 g/mol. The van der Waals surface area contributed by atoms with Crippen LogP contribution in [0.1, 0.15) is 98.3 Å². The van der Waals surface area contributed by atoms with Crippen LogP contribution in [0.4, 0.5) is 9.59 Å². The lowest BCUT2D eigenvalue weighted by molar-refractivity contribution is -0.151. The van der Waals surface area contributed by atoms with Gasteiger partial charge in [-0.05, 0) is 64.0 Å². The zero-order chi connectivity index (χ0) is 35.4. The SMILES string of the molecule is C/C(=C\C=C\C(C)COC(=O)N1CCCC1)[C@H]1OC(=O)C[C@@H](O)CC[C@](C)(O)[C@@H](OC(=O)N2CCN(C3CCCCCC3)CC2)/C=C/[C@@H]1C. The summed E-state index contributed by atoms with van der Waals surface area (Å²) in [6, 6.07) is 0.589. The summed E-state index contributed by atoms with van der Waals surface area (Å²) in [7, 11) is 0. The van der Waals surface area contributed by atoms with Crippen LogP contribution in [0.2, 0.25) is 0 Å². The maximum absolute atomic E-state index is 13.4. The Labute approximate surface area is 293 Å². The maximum atomic E-state index is 13.4. The molecule has 0 aromatic carbocycles. The number of allylic oxidation sites excluding steroid dienone is 2. The molecule has 11 heteroatoms. The Kier molecular flexibility index (Phi) is 15.0. The second-order valence-electron chi connectivity index (χ2n) is 14.9. The van der Waals surface area contributed by atoms with Crippen molar-refractivity contribution < 1.29 is 38.8 Å². The number of nitrogens with zero attached hydrogens (tertiary/aromatic N) is 3. The number of piperazine rings is 1. The van der Waals surface area contributed by atoms with E-state index in [2.05, 4.69) is 4.90 Å². The van der Waals surface area contributed by atoms with Gasteiger partial charge in [0.25, 0.3) is 0 Å². The molecule has 1 saturated carbocycles. The van der Waals surface area contributed by atoms with Gasteiger partial charge in [0, 0.05) is 57.1 Å². The van der Waals surface area contributed by atoms with Crippen LogP contribution in [0.5, 0.6) is 0 Å². The van der Waals surface area contributed by atoms with Crippen molar-refractivity contribution in [2.45, 2.75) is 128 Å². The van der Waals surface area contributed by atoms with Crippen molar-refractivity contribution in [3.63, 3.8) is 0 Å². The Morgan fingerprint density at radius 1 is 0.980 bits per heavy atom. The molecule has 0 aromatic heterocycles. The lowest BCUT2D eigenvalue weighted by Gasteiger charge is -2.40. The standard InChI is InChI=1S/C38H61N3O8/c1-28(27-47-36(44)40-20-9-10-21-40)12-11-13-29(2)35-30(3)16-17-33(38(4,46)19-18-32(42)26-34(43)49-35)48-37(45)41-24-22-39(23-25-41)31-14-7-5-6-8-15-31/h11-13,16-17,28,30-33,35,42,46H,5-10,14-15,18-27H2,1-4H3/b12-11+,17-16+,29-13+/t28?,30-,32-,33-,35+,38-/m0/s1. The first-order valence-electron chi connectivity index (χ1n) is 18.7. The summed E-state index contributed by atoms with van der Waals surface area (Å²) >= 11 is 0. The Balaban J connectivity index is 1.40. The van der Waals surface area contributed by atoms with E-state index < -0.39 is 36.0 Å². The van der Waals surface area contributed by atoms with Crippen LogP contribution in [-0.2, 0) is 19.0 Å². The first-order chi connectivity index (χ1) is 23.4. The number of aliphatic hydroxyl groups is 2. The lowest BCUT2D eigenvalue weighted by atomic mass is 9.89. The Morgan fingerprint density at radius 2 is 1.63 bits per heavy atom. The molecule has 4 rings (SSSR count). The van der Waals surface area contributed by atoms with Crippen LogP contribution in [-0.4, -0.2) is 119 Å². The van der Waals surface area contributed by atoms with Crippen LogP contribution in [0.3, 0.4) is 0 Å². The van der Waals surface area contributed by atoms with Crippen molar-refractivity contribution >= 4 is 18.2 Å². The van der Waals surface area contributed by atoms with E-state index in [1.54, 1.807) is 22.8 Å². The highest BCUT2D eigenvalue weighted by Crippen LogP contribution is 2.28. The Hall–Kier alpha value is -2.89. The molecule has 2 amide bonds. The molecule has 0 aromatic rings. The molecule has 3 aliphatic heterocycles. The highest BCUT2D eigenvalue weighted by molar-refractivity contribution is 5.70. The van der Waals surface area contributed by atoms with Gasteiger partial charge in [0.2, 0.25) is 0 Å². The molecule has 49 heavy (non-hydrogen) atoms. The van der Waals surface area contributed by atoms with Gasteiger partial charge in [-0.25, -0.2) is 9.59 Å². The van der Waals surface area contributed by atoms with E-state index in [0.29, 0.717) is 19.1 Å². The van der Waals surface area contributed by atoms with Crippen molar-refractivity contribution in [1.29, 1.82) is 0 Å². The van der Waals surface area contributed by atoms with Gasteiger partial charge in [-0.1, -0.05) is 63.8 Å². The summed E-state index contributed by atoms with van der Waals surface area (Å²) in [4.78, 5) is 44.5. The van der Waals surface area contributed by atoms with Crippen molar-refractivity contribution in [2.24, 2.45) is 11.8 Å². The van der Waals surface area contributed by atoms with Crippen LogP contribution in [0.15, 0.2) is 36.0 Å². The minimum atomic E-state index is -1.46. The number of likely N-dealkylation sites (tertiary alicyclic amines) is 1. The number of amides is 2. The molecule has 1 aliphatic carbocycles. The lowest BCUT2D eigenvalue weighted by Crippen LogP contribution is -2.53. The van der Waals surface area contributed by atoms with E-state index in [1.165, 1.54) is 38.5 Å². The van der Waals surface area contributed by atoms with E-state index in [-0.39, 0.29) is 43.8 Å². The molecule has 0 radical (unpaired) electrons. The number of esters is 1. The van der Waals surface area contributed by atoms with Crippen molar-refractivity contribution in [2.75, 3.05) is 45.9 Å². The normalized spacial score (nSPS) is 31.7. The molecule has 4 aliphatic rings. The molecule has 276 valence electrons. The number of rotatable bonds is 7. The Bertz CT molecular complexity index is 1160. The predicted octanol–water partition coefficient (Wildman–Crippen LogP) is 5.60. The summed E-state index contributed by atoms with van der Waals surface area (Å²) in [5.74, 6) is -0.869. The van der Waals surface area contributed by atoms with Crippen molar-refractivity contribution in [3.05, 3.63) is 36.0 Å². The van der Waals surface area contributed by atoms with Crippen molar-refractivity contribution in [3.8, 4) is 0 Å². The van der Waals surface area contributed by atoms with Gasteiger partial charge in [0.15, 0.2) is 6.10 Å². The third-order valence-corrected chi connectivity index (χ3v) is 10.5. The number of hydrogen-bond acceptors (Lipinski definition) is 9. The van der Waals surface area contributed by atoms with Gasteiger partial charge < -0.3 is 34.2 Å². The fourth-order valence-corrected chi connectivity index (χ4v) is 7.27. The van der Waals surface area contributed by atoms with E-state index in [9.17, 15) is 24.6 Å². The third kappa shape index (κ3) is 12.1. The predicted molar refractivity (Wildman–Crippen MR) is 188 cm³/mol. The van der Waals surface area contributed by atoms with E-state index in [0.717, 1.165) is 44.6 Å². The van der Waals surface area contributed by atoms with Crippen molar-refractivity contribution in [1.82, 2.24) is 14.7 Å². The number of carbonyl (C=O) groups excluding carboxylic acids is 3. The van der Waals surface area contributed by atoms with E-state index >= 15 is 0 Å². The summed E-state index contributed by atoms with van der Waals surface area (Å²) in [5.41, 5.74) is -0.684. The molecule has 2 N–H and O–H groups in total. The highest BCUT2D eigenvalue weighted by Gasteiger charge is 2.37. The molecule has 11 nitrogen and oxygen atoms in total. The number of cyclic esters (lactones) is 1. The largest absolute Gasteiger partial charge is 0.457 e. The van der Waals surface area contributed by atoms with Gasteiger partial charge >= 0.3 is 18.2 Å². The summed E-state index contributed by atoms with van der Waals surface area (Å²) in [6.45, 7) is 11.9. The first-order valence-corrected chi connectivity index (χ1v) is 18.7. The topological polar surface area (TPSA) is 129 Å². The van der Waals surface area contributed by atoms with Gasteiger partial charge in [-0.3, -0.25) is 9.69 Å². The zero-order valence-electron chi connectivity index (χ0n) is 30.3. The highest BCUT2D eigenvalue weighted by atomic mass is 16.6. The molecule has 0 spiro atoms. The van der Waals surface area contributed by atoms with Gasteiger partial charge in [0.1, 0.15) is 11.7 Å². The molecular weight excluding hydrogens is 626 g/mol. The molecule has 0 bridgehead atoms. The fraction of sp³-hybridized carbons (Fsp3) is 0.763. The Morgan fingerprint density at radius 3 is 2.31 bits per heavy atom. The fourth-order valence-electron chi connectivity index (χ4n) is 7.27. The number of carbonyl (C=O) groups is 3. The smallest absolute Gasteiger partial charge is 0.410 e. The summed E-state index contributed by atoms with van der Waals surface area (Å²) in [5, 5.41) is 22.2. The van der Waals surface area contributed by atoms with E-state index in [1.807, 2.05) is 45.1 Å². The first kappa shape index (κ1) is 38.9. The number of hydrogen-bond donors (Lipinski definition) is 2. The molecule has 3 fully saturated rings. The quantitative estimate of drug-likeness (QED) is 0.116. The maximum Gasteiger partial charge on any atom is 0.410 e. The molecule has 6 atom stereocenters. The second-order valence-corrected chi connectivity index (χ2v) is 14.9. The monoisotopic (exact) mass is 687 g/mol. The van der Waals surface area contributed by atoms with Crippen LogP contribution in [0, 0.1) is 11.8 Å². The third-order valence-electron chi connectivity index (χ3n) is 10.5. The van der Waals surface area contributed by atoms with Gasteiger partial charge in [0.05, 0.1) is 19.1 Å². The van der Waals surface area contributed by atoms with Crippen LogP contribution in [0.25, 0.3) is 0 Å². The van der Waals surface area contributed by atoms with E-state index in [4.69, 9.17) is 14.2 Å². The minimum absolute atomic E-state index is 0.0145. The molecule has 2 saturated heterocycles. The number of aliphatic hydroxyl groups excluding tert-OH is 1.